The Hall–Kier alpha value is -1.56. The first-order valence-corrected chi connectivity index (χ1v) is 6.39. The molecule has 18 heavy (non-hydrogen) atoms. The third kappa shape index (κ3) is 2.33. The van der Waals surface area contributed by atoms with Crippen LogP contribution in [0.3, 0.4) is 0 Å². The summed E-state index contributed by atoms with van der Waals surface area (Å²) in [4.78, 5) is 24.7. The highest BCUT2D eigenvalue weighted by Gasteiger charge is 2.34. The zero-order valence-electron chi connectivity index (χ0n) is 9.60. The molecule has 0 aliphatic carbocycles. The number of aliphatic carboxylic acids is 1. The summed E-state index contributed by atoms with van der Waals surface area (Å²) in [6, 6.07) is 4.23. The van der Waals surface area contributed by atoms with E-state index in [0.717, 1.165) is 4.47 Å². The molecule has 3 N–H and O–H groups in total. The Morgan fingerprint density at radius 3 is 2.78 bits per heavy atom. The molecule has 0 spiro atoms. The number of nitrogens with zero attached hydrogens (tertiary/aromatic N) is 1. The molecular weight excluding hydrogens is 300 g/mol. The second-order valence-corrected chi connectivity index (χ2v) is 5.14. The summed E-state index contributed by atoms with van der Waals surface area (Å²) in [6.45, 7) is 0.464. The summed E-state index contributed by atoms with van der Waals surface area (Å²) < 4.78 is 0.785. The predicted molar refractivity (Wildman–Crippen MR) is 70.2 cm³/mol. The van der Waals surface area contributed by atoms with Gasteiger partial charge in [-0.2, -0.15) is 0 Å². The van der Waals surface area contributed by atoms with Gasteiger partial charge in [-0.25, -0.2) is 4.79 Å². The minimum atomic E-state index is -0.962. The Bertz CT molecular complexity index is 504. The van der Waals surface area contributed by atoms with Crippen LogP contribution in [0.5, 0.6) is 0 Å². The van der Waals surface area contributed by atoms with E-state index in [-0.39, 0.29) is 5.91 Å². The fourth-order valence-corrected chi connectivity index (χ4v) is 2.53. The number of amides is 1. The zero-order valence-corrected chi connectivity index (χ0v) is 11.2. The van der Waals surface area contributed by atoms with Gasteiger partial charge in [-0.3, -0.25) is 4.79 Å². The highest BCUT2D eigenvalue weighted by atomic mass is 79.9. The number of nitrogen functional groups attached to an aromatic ring is 1. The second kappa shape index (κ2) is 4.97. The summed E-state index contributed by atoms with van der Waals surface area (Å²) in [5, 5.41) is 9.06. The molecule has 0 bridgehead atoms. The third-order valence-corrected chi connectivity index (χ3v) is 3.54. The van der Waals surface area contributed by atoms with Crippen molar-refractivity contribution in [2.24, 2.45) is 0 Å². The molecule has 5 nitrogen and oxygen atoms in total. The van der Waals surface area contributed by atoms with Gasteiger partial charge in [-0.1, -0.05) is 15.9 Å². The van der Waals surface area contributed by atoms with E-state index in [9.17, 15) is 9.59 Å². The van der Waals surface area contributed by atoms with Gasteiger partial charge < -0.3 is 15.7 Å². The van der Waals surface area contributed by atoms with Crippen molar-refractivity contribution in [3.8, 4) is 0 Å². The molecule has 0 unspecified atom stereocenters. The van der Waals surface area contributed by atoms with E-state index in [0.29, 0.717) is 30.6 Å². The molecule has 0 saturated carbocycles. The number of hydrogen-bond donors (Lipinski definition) is 2. The minimum Gasteiger partial charge on any atom is -0.480 e. The van der Waals surface area contributed by atoms with Gasteiger partial charge >= 0.3 is 5.97 Å². The number of nitrogens with two attached hydrogens (primary N) is 1. The topological polar surface area (TPSA) is 83.6 Å². The lowest BCUT2D eigenvalue weighted by Gasteiger charge is -2.22. The van der Waals surface area contributed by atoms with Gasteiger partial charge in [0.2, 0.25) is 0 Å². The number of hydrogen-bond acceptors (Lipinski definition) is 3. The number of carbonyl (C=O) groups is 2. The zero-order chi connectivity index (χ0) is 13.3. The number of carboxylic acid groups (broad SMARTS) is 1. The fourth-order valence-electron chi connectivity index (χ4n) is 2.15. The van der Waals surface area contributed by atoms with Crippen LogP contribution < -0.4 is 5.73 Å². The lowest BCUT2D eigenvalue weighted by molar-refractivity contribution is -0.141. The highest BCUT2D eigenvalue weighted by molar-refractivity contribution is 9.10. The van der Waals surface area contributed by atoms with Crippen LogP contribution in [0, 0.1) is 0 Å². The molecule has 1 aliphatic heterocycles. The molecule has 1 amide bonds. The Morgan fingerprint density at radius 2 is 2.17 bits per heavy atom. The number of benzene rings is 1. The maximum absolute atomic E-state index is 12.3. The lowest BCUT2D eigenvalue weighted by Crippen LogP contribution is -2.40. The first kappa shape index (κ1) is 12.9. The molecule has 1 aromatic rings. The molecule has 1 saturated heterocycles. The van der Waals surface area contributed by atoms with Gasteiger partial charge in [0.1, 0.15) is 6.04 Å². The van der Waals surface area contributed by atoms with E-state index in [1.807, 2.05) is 0 Å². The second-order valence-electron chi connectivity index (χ2n) is 4.23. The summed E-state index contributed by atoms with van der Waals surface area (Å²) in [5.74, 6) is -1.28. The number of rotatable bonds is 2. The van der Waals surface area contributed by atoms with E-state index in [4.69, 9.17) is 10.8 Å². The summed E-state index contributed by atoms with van der Waals surface area (Å²) >= 11 is 3.26. The highest BCUT2D eigenvalue weighted by Crippen LogP contribution is 2.24. The number of likely N-dealkylation sites (tertiary alicyclic amines) is 1. The molecule has 1 atom stereocenters. The molecule has 1 fully saturated rings. The SMILES string of the molecule is Nc1cc(Br)ccc1C(=O)N1CCC[C@H]1C(=O)O. The van der Waals surface area contributed by atoms with Crippen molar-refractivity contribution in [2.75, 3.05) is 12.3 Å². The standard InChI is InChI=1S/C12H13BrN2O3/c13-7-3-4-8(9(14)6-7)11(16)15-5-1-2-10(15)12(17)18/h3-4,6,10H,1-2,5,14H2,(H,17,18)/t10-/m0/s1. The Morgan fingerprint density at radius 1 is 1.44 bits per heavy atom. The molecule has 0 aromatic heterocycles. The number of halogens is 1. The van der Waals surface area contributed by atoms with Crippen LogP contribution in [-0.4, -0.2) is 34.5 Å². The van der Waals surface area contributed by atoms with Crippen molar-refractivity contribution in [2.45, 2.75) is 18.9 Å². The molecule has 1 heterocycles. The van der Waals surface area contributed by atoms with Gasteiger partial charge in [0.25, 0.3) is 5.91 Å². The monoisotopic (exact) mass is 312 g/mol. The Kier molecular flexibility index (Phi) is 3.56. The quantitative estimate of drug-likeness (QED) is 0.814. The first-order chi connectivity index (χ1) is 8.50. The molecule has 6 heteroatoms. The van der Waals surface area contributed by atoms with Crippen LogP contribution in [0.2, 0.25) is 0 Å². The number of anilines is 1. The summed E-state index contributed by atoms with van der Waals surface area (Å²) in [6.07, 6.45) is 1.21. The summed E-state index contributed by atoms with van der Waals surface area (Å²) in [5.41, 5.74) is 6.49. The van der Waals surface area contributed by atoms with E-state index < -0.39 is 12.0 Å². The van der Waals surface area contributed by atoms with E-state index >= 15 is 0 Å². The van der Waals surface area contributed by atoms with Crippen LogP contribution in [0.4, 0.5) is 5.69 Å². The van der Waals surface area contributed by atoms with Gasteiger partial charge in [0, 0.05) is 16.7 Å². The maximum Gasteiger partial charge on any atom is 0.326 e. The smallest absolute Gasteiger partial charge is 0.326 e. The normalized spacial score (nSPS) is 18.9. The molecular formula is C12H13BrN2O3. The molecule has 0 radical (unpaired) electrons. The first-order valence-electron chi connectivity index (χ1n) is 5.59. The van der Waals surface area contributed by atoms with Crippen molar-refractivity contribution in [1.29, 1.82) is 0 Å². The van der Waals surface area contributed by atoms with Crippen molar-refractivity contribution in [3.63, 3.8) is 0 Å². The van der Waals surface area contributed by atoms with Crippen LogP contribution in [-0.2, 0) is 4.79 Å². The third-order valence-electron chi connectivity index (χ3n) is 3.04. The average Bonchev–Trinajstić information content (AvgIpc) is 2.77. The molecule has 1 aromatic carbocycles. The van der Waals surface area contributed by atoms with Crippen molar-refractivity contribution in [3.05, 3.63) is 28.2 Å². The van der Waals surface area contributed by atoms with Crippen molar-refractivity contribution >= 4 is 33.5 Å². The lowest BCUT2D eigenvalue weighted by atomic mass is 10.1. The van der Waals surface area contributed by atoms with Gasteiger partial charge in [0.15, 0.2) is 0 Å². The Balaban J connectivity index is 2.28. The molecule has 96 valence electrons. The van der Waals surface area contributed by atoms with Gasteiger partial charge in [0.05, 0.1) is 5.56 Å². The van der Waals surface area contributed by atoms with Gasteiger partial charge in [-0.05, 0) is 31.0 Å². The van der Waals surface area contributed by atoms with Crippen LogP contribution in [0.25, 0.3) is 0 Å². The van der Waals surface area contributed by atoms with Crippen LogP contribution in [0.1, 0.15) is 23.2 Å². The number of carbonyl (C=O) groups excluding carboxylic acids is 1. The number of carboxylic acids is 1. The average molecular weight is 313 g/mol. The van der Waals surface area contributed by atoms with E-state index in [1.165, 1.54) is 4.90 Å². The predicted octanol–water partition coefficient (Wildman–Crippen LogP) is 1.72. The van der Waals surface area contributed by atoms with E-state index in [2.05, 4.69) is 15.9 Å². The Labute approximate surface area is 113 Å². The van der Waals surface area contributed by atoms with Crippen molar-refractivity contribution in [1.82, 2.24) is 4.90 Å². The maximum atomic E-state index is 12.3. The largest absolute Gasteiger partial charge is 0.480 e. The van der Waals surface area contributed by atoms with Crippen LogP contribution in [0.15, 0.2) is 22.7 Å². The molecule has 1 aliphatic rings. The summed E-state index contributed by atoms with van der Waals surface area (Å²) in [7, 11) is 0. The minimum absolute atomic E-state index is 0.315. The fraction of sp³-hybridized carbons (Fsp3) is 0.333. The van der Waals surface area contributed by atoms with Crippen LogP contribution >= 0.6 is 15.9 Å². The van der Waals surface area contributed by atoms with Gasteiger partial charge in [-0.15, -0.1) is 0 Å². The van der Waals surface area contributed by atoms with E-state index in [1.54, 1.807) is 18.2 Å². The van der Waals surface area contributed by atoms with Crippen molar-refractivity contribution < 1.29 is 14.7 Å². The molecule has 2 rings (SSSR count).